The second-order valence-corrected chi connectivity index (χ2v) is 38.3. The molecule has 2 heterocycles. The van der Waals surface area contributed by atoms with Crippen LogP contribution in [0.1, 0.15) is 189 Å². The predicted octanol–water partition coefficient (Wildman–Crippen LogP) is 0.937. The van der Waals surface area contributed by atoms with E-state index in [1.807, 2.05) is 45.0 Å². The Kier molecular flexibility index (Phi) is 42.7. The van der Waals surface area contributed by atoms with E-state index in [4.69, 9.17) is 27.7 Å². The summed E-state index contributed by atoms with van der Waals surface area (Å²) in [6.07, 6.45) is -1.15. The van der Waals surface area contributed by atoms with E-state index >= 15 is 28.8 Å². The maximum atomic E-state index is 16.4. The van der Waals surface area contributed by atoms with E-state index in [0.717, 1.165) is 51.8 Å². The average molecular weight is 1860 g/mol. The van der Waals surface area contributed by atoms with Gasteiger partial charge in [0.15, 0.2) is 5.78 Å². The Labute approximate surface area is 771 Å². The number of nitrogens with one attached hydrogen (secondary N) is 15. The first-order valence-electron chi connectivity index (χ1n) is 44.2. The van der Waals surface area contributed by atoms with Crippen LogP contribution < -0.4 is 102 Å². The number of aliphatic hydroxyl groups is 1. The van der Waals surface area contributed by atoms with Crippen LogP contribution in [0.2, 0.25) is 0 Å². The predicted molar refractivity (Wildman–Crippen MR) is 498 cm³/mol. The van der Waals surface area contributed by atoms with Crippen LogP contribution >= 0.6 is 21.6 Å². The second kappa shape index (κ2) is 51.7. The molecule has 718 valence electrons. The molecule has 1 aromatic heterocycles. The SMILES string of the molecule is CCc1cccc2c(C[C@@H]3NC(=O)[C@H]([C@@H](C)O)NC(=O)[C@H](CC(N)=O)NC(=O)[C@@H](NC(C)=O)C(C)(C)SSC(C)(C)[C@@H](C(=O)N[C@@H](Cc4ccc(OCCN)cc4)C(=O)N[C@@H](Cc4ccc5ccccc5c4)C(=O)N[C@@](C)(CCCCN)C(=O)N[C@@H](CCCCNC(C)=O)C(=O)N[C@@H](CC(N)=O)C(=O)N[C@H](CC(C)C)C(C)=O)NC(=O)[C@H](CCCCNC(C)=O)NC3=O)c[nH]c12. The summed E-state index contributed by atoms with van der Waals surface area (Å²) in [6, 6.07) is 6.30. The lowest BCUT2D eigenvalue weighted by Gasteiger charge is -2.39. The number of aryl methyl sites for hydroxylation is 1. The number of aliphatic hydroxyl groups excluding tert-OH is 1. The number of rotatable bonds is 45. The third-order valence-electron chi connectivity index (χ3n) is 22.1. The number of hydrogen-bond acceptors (Lipinski definition) is 23. The molecule has 24 N–H and O–H groups in total. The lowest BCUT2D eigenvalue weighted by atomic mass is 9.91. The van der Waals surface area contributed by atoms with Crippen LogP contribution in [0.5, 0.6) is 5.75 Å². The molecule has 1 saturated heterocycles. The maximum absolute atomic E-state index is 16.4. The number of primary amides is 2. The molecule has 131 heavy (non-hydrogen) atoms. The van der Waals surface area contributed by atoms with Gasteiger partial charge in [0, 0.05) is 86.3 Å². The molecule has 1 aliphatic rings. The number of unbranched alkanes of at least 4 members (excludes halogenated alkanes) is 3. The monoisotopic (exact) mass is 1860 g/mol. The number of aromatic amines is 1. The van der Waals surface area contributed by atoms with E-state index in [2.05, 4.69) is 79.4 Å². The maximum Gasteiger partial charge on any atom is 0.246 e. The quantitative estimate of drug-likeness (QED) is 0.0190. The topological polar surface area (TPSA) is 608 Å². The molecule has 16 amide bonds. The normalized spacial score (nSPS) is 19.2. The van der Waals surface area contributed by atoms with Gasteiger partial charge in [0.05, 0.1) is 25.0 Å². The van der Waals surface area contributed by atoms with Crippen LogP contribution in [0.4, 0.5) is 0 Å². The highest BCUT2D eigenvalue weighted by atomic mass is 33.1. The summed E-state index contributed by atoms with van der Waals surface area (Å²) in [7, 11) is 1.83. The van der Waals surface area contributed by atoms with Crippen molar-refractivity contribution in [2.75, 3.05) is 32.8 Å². The first kappa shape index (κ1) is 108. The fourth-order valence-corrected chi connectivity index (χ4v) is 17.7. The van der Waals surface area contributed by atoms with Crippen molar-refractivity contribution in [1.82, 2.24) is 79.4 Å². The molecular weight excluding hydrogens is 1730 g/mol. The van der Waals surface area contributed by atoms with Crippen molar-refractivity contribution in [1.29, 1.82) is 0 Å². The zero-order chi connectivity index (χ0) is 97.2. The average Bonchev–Trinajstić information content (AvgIpc) is 1.76. The molecule has 0 spiro atoms. The van der Waals surface area contributed by atoms with E-state index < -0.39 is 189 Å². The molecule has 38 nitrogen and oxygen atoms in total. The fourth-order valence-electron chi connectivity index (χ4n) is 14.9. The summed E-state index contributed by atoms with van der Waals surface area (Å²) >= 11 is 0. The van der Waals surface area contributed by atoms with Gasteiger partial charge in [-0.3, -0.25) is 81.5 Å². The number of Topliss-reactive ketones (excluding diaryl/α,β-unsaturated/α-hetero) is 1. The number of ether oxygens (including phenoxy) is 1. The summed E-state index contributed by atoms with van der Waals surface area (Å²) in [5, 5.41) is 51.3. The number of H-pyrrole nitrogens is 1. The molecule has 4 aromatic carbocycles. The molecule has 1 aliphatic heterocycles. The van der Waals surface area contributed by atoms with E-state index in [1.165, 1.54) is 55.4 Å². The van der Waals surface area contributed by atoms with Gasteiger partial charge in [0.25, 0.3) is 0 Å². The van der Waals surface area contributed by atoms with Gasteiger partial charge in [-0.05, 0) is 177 Å². The molecule has 0 aliphatic carbocycles. The summed E-state index contributed by atoms with van der Waals surface area (Å²) in [5.74, 6) is -15.0. The first-order valence-corrected chi connectivity index (χ1v) is 46.4. The molecule has 40 heteroatoms. The Balaban J connectivity index is 1.55. The van der Waals surface area contributed by atoms with Crippen LogP contribution in [0, 0.1) is 5.92 Å². The summed E-state index contributed by atoms with van der Waals surface area (Å²) in [4.78, 5) is 248. The highest BCUT2D eigenvalue weighted by molar-refractivity contribution is 8.77. The van der Waals surface area contributed by atoms with Crippen molar-refractivity contribution in [2.24, 2.45) is 28.9 Å². The zero-order valence-corrected chi connectivity index (χ0v) is 78.6. The number of carbonyl (C=O) groups excluding carboxylic acids is 17. The van der Waals surface area contributed by atoms with Crippen molar-refractivity contribution in [3.8, 4) is 5.75 Å². The number of nitrogens with two attached hydrogens (primary N) is 4. The minimum Gasteiger partial charge on any atom is -0.492 e. The zero-order valence-electron chi connectivity index (χ0n) is 76.9. The number of amides is 16. The van der Waals surface area contributed by atoms with Crippen LogP contribution in [0.15, 0.2) is 91.1 Å². The number of para-hydroxylation sites is 1. The molecule has 13 atom stereocenters. The Morgan fingerprint density at radius 1 is 0.557 bits per heavy atom. The van der Waals surface area contributed by atoms with Crippen LogP contribution in [-0.4, -0.2) is 231 Å². The second-order valence-electron chi connectivity index (χ2n) is 34.8. The van der Waals surface area contributed by atoms with Crippen molar-refractivity contribution in [3.05, 3.63) is 113 Å². The lowest BCUT2D eigenvalue weighted by Crippen LogP contribution is -2.65. The Morgan fingerprint density at radius 3 is 1.75 bits per heavy atom. The Morgan fingerprint density at radius 2 is 1.14 bits per heavy atom. The van der Waals surface area contributed by atoms with Gasteiger partial charge in [0.1, 0.15) is 78.3 Å². The lowest BCUT2D eigenvalue weighted by molar-refractivity contribution is -0.138. The van der Waals surface area contributed by atoms with Crippen molar-refractivity contribution >= 4 is 144 Å². The molecule has 0 unspecified atom stereocenters. The Hall–Kier alpha value is -11.7. The van der Waals surface area contributed by atoms with Crippen molar-refractivity contribution < 1.29 is 91.4 Å². The number of carbonyl (C=O) groups is 17. The van der Waals surface area contributed by atoms with Gasteiger partial charge in [-0.2, -0.15) is 0 Å². The third kappa shape index (κ3) is 34.5. The van der Waals surface area contributed by atoms with Gasteiger partial charge in [-0.15, -0.1) is 0 Å². The van der Waals surface area contributed by atoms with Crippen LogP contribution in [0.3, 0.4) is 0 Å². The minimum absolute atomic E-state index is 0.0749. The molecular formula is C91H133N19O19S2. The third-order valence-corrected chi connectivity index (χ3v) is 26.4. The first-order chi connectivity index (χ1) is 61.8. The van der Waals surface area contributed by atoms with Gasteiger partial charge in [0.2, 0.25) is 94.5 Å². The summed E-state index contributed by atoms with van der Waals surface area (Å²) in [5.41, 5.74) is 24.1. The highest BCUT2D eigenvalue weighted by Gasteiger charge is 2.47. The van der Waals surface area contributed by atoms with Gasteiger partial charge >= 0.3 is 0 Å². The van der Waals surface area contributed by atoms with Gasteiger partial charge in [-0.25, -0.2) is 0 Å². The molecule has 0 saturated carbocycles. The summed E-state index contributed by atoms with van der Waals surface area (Å²) < 4.78 is 2.59. The standard InChI is InChI=1S/C91H133N19O19S2/c1-14-58-26-23-27-63-61(49-98-75(58)63)46-69-81(121)100-64(28-17-21-39-96-53(6)113)79(119)109-77(90(11,12)131-130-89(9,10)76(99-55(8)115)86(126)106-71(48-73(95)117)83(123)108-74(52(5)112)85(125)104-69)87(127)105-67(44-56-31-34-62(35-32-56)129-41-38-93)80(120)102-68(45-57-30-33-59-24-15-16-25-60(59)43-57)84(124)110-91(13,36-19-20-37-92)88(128)107-65(29-18-22-40-97-54(7)114)78(118)103-70(47-72(94)116)82(122)101-66(51(4)111)42-50(2)3/h15-16,23-27,30-35,43,49-50,52,64-71,74,76-77,98,112H,14,17-22,28-29,36-42,44-48,92-93H2,1-13H3,(H2,94,116)(H2,95,117)(H,96,113)(H,97,114)(H,99,115)(H,100,121)(H,101,122)(H,102,120)(H,103,118)(H,104,125)(H,105,127)(H,106,126)(H,107,128)(H,108,123)(H,109,119)(H,110,124)/t52-,64+,65+,66-,67+,68+,69+,70+,71+,74+,76-,77-,91+/m1/s1. The number of fused-ring (bicyclic) bond motifs is 2. The van der Waals surface area contributed by atoms with E-state index in [9.17, 15) is 57.8 Å². The smallest absolute Gasteiger partial charge is 0.246 e. The van der Waals surface area contributed by atoms with Crippen LogP contribution in [-0.2, 0) is 107 Å². The van der Waals surface area contributed by atoms with E-state index in [0.29, 0.717) is 46.2 Å². The van der Waals surface area contributed by atoms with Crippen LogP contribution in [0.25, 0.3) is 21.7 Å². The summed E-state index contributed by atoms with van der Waals surface area (Å²) in [6.45, 7) is 20.0. The molecule has 1 fully saturated rings. The molecule has 0 bridgehead atoms. The number of benzene rings is 4. The molecule has 5 aromatic rings. The number of ketones is 1. The minimum atomic E-state index is -2.01. The van der Waals surface area contributed by atoms with Gasteiger partial charge < -0.3 is 112 Å². The number of hydrogen-bond donors (Lipinski definition) is 20. The van der Waals surface area contributed by atoms with E-state index in [-0.39, 0.29) is 128 Å². The van der Waals surface area contributed by atoms with Crippen molar-refractivity contribution in [2.45, 2.75) is 280 Å². The molecule has 0 radical (unpaired) electrons. The fraction of sp³-hybridized carbons (Fsp3) is 0.549. The Bertz CT molecular complexity index is 4850. The van der Waals surface area contributed by atoms with Crippen molar-refractivity contribution in [3.63, 3.8) is 0 Å². The number of aromatic nitrogens is 1. The highest BCUT2D eigenvalue weighted by Crippen LogP contribution is 2.47. The van der Waals surface area contributed by atoms with Gasteiger partial charge in [-0.1, -0.05) is 115 Å². The van der Waals surface area contributed by atoms with E-state index in [1.54, 1.807) is 66.9 Å². The molecule has 6 rings (SSSR count). The largest absolute Gasteiger partial charge is 0.492 e.